The Bertz CT molecular complexity index is 1090. The van der Waals surface area contributed by atoms with Crippen LogP contribution in [0.15, 0.2) is 36.4 Å². The topological polar surface area (TPSA) is 188 Å². The Morgan fingerprint density at radius 1 is 0.921 bits per heavy atom. The predicted molar refractivity (Wildman–Crippen MR) is 130 cm³/mol. The SMILES string of the molecule is COc1cc(C[C@H]2CO[C@H](c3ccc(O[C@@H]4O[C@H](CO)[C@@H](O)[C@H](O)[C@H]4O)c(OC)c3)[C@@]2(O)CO)ccc1O. The van der Waals surface area contributed by atoms with Gasteiger partial charge < -0.3 is 59.4 Å². The number of aromatic hydroxyl groups is 1. The summed E-state index contributed by atoms with van der Waals surface area (Å²) in [4.78, 5) is 0. The summed E-state index contributed by atoms with van der Waals surface area (Å²) in [5, 5.41) is 71.3. The summed E-state index contributed by atoms with van der Waals surface area (Å²) in [5.41, 5.74) is -0.373. The molecule has 12 nitrogen and oxygen atoms in total. The Morgan fingerprint density at radius 3 is 2.32 bits per heavy atom. The molecule has 0 saturated carbocycles. The van der Waals surface area contributed by atoms with Gasteiger partial charge in [-0.2, -0.15) is 0 Å². The van der Waals surface area contributed by atoms with Crippen molar-refractivity contribution in [3.63, 3.8) is 0 Å². The first kappa shape index (κ1) is 28.3. The molecule has 2 aromatic rings. The third-order valence-electron chi connectivity index (χ3n) is 7.19. The third kappa shape index (κ3) is 5.26. The highest BCUT2D eigenvalue weighted by Crippen LogP contribution is 2.45. The minimum absolute atomic E-state index is 0.00710. The van der Waals surface area contributed by atoms with Crippen LogP contribution in [0, 0.1) is 5.92 Å². The highest BCUT2D eigenvalue weighted by Gasteiger charge is 2.51. The number of rotatable bonds is 9. The van der Waals surface area contributed by atoms with Gasteiger partial charge in [-0.3, -0.25) is 0 Å². The summed E-state index contributed by atoms with van der Waals surface area (Å²) in [7, 11) is 2.82. The molecule has 12 heteroatoms. The lowest BCUT2D eigenvalue weighted by Crippen LogP contribution is -2.60. The number of phenols is 1. The standard InChI is InChI=1S/C26H34O12/c1-34-18-8-13(3-5-16(18)29)7-15-11-36-24(26(15,33)12-28)14-4-6-17(19(9-14)35-2)37-25-23(32)22(31)21(30)20(10-27)38-25/h3-6,8-9,15,20-25,27-33H,7,10-12H2,1-2H3/t15-,20+,21+,22-,23+,24+,25+,26+/m0/s1. The fourth-order valence-corrected chi connectivity index (χ4v) is 4.92. The molecule has 0 aromatic heterocycles. The number of benzene rings is 2. The molecule has 210 valence electrons. The number of hydrogen-bond acceptors (Lipinski definition) is 12. The van der Waals surface area contributed by atoms with E-state index in [9.17, 15) is 35.7 Å². The molecular formula is C26H34O12. The number of aliphatic hydroxyl groups is 6. The first-order valence-electron chi connectivity index (χ1n) is 12.1. The molecule has 2 aliphatic rings. The maximum absolute atomic E-state index is 11.5. The zero-order chi connectivity index (χ0) is 27.6. The summed E-state index contributed by atoms with van der Waals surface area (Å²) in [6.07, 6.45) is -7.84. The monoisotopic (exact) mass is 538 g/mol. The number of ether oxygens (including phenoxy) is 5. The van der Waals surface area contributed by atoms with E-state index >= 15 is 0 Å². The van der Waals surface area contributed by atoms with Crippen molar-refractivity contribution in [3.05, 3.63) is 47.5 Å². The summed E-state index contributed by atoms with van der Waals surface area (Å²) in [6, 6.07) is 9.51. The van der Waals surface area contributed by atoms with Crippen molar-refractivity contribution >= 4 is 0 Å². The molecule has 0 amide bonds. The zero-order valence-electron chi connectivity index (χ0n) is 21.0. The molecule has 4 rings (SSSR count). The first-order chi connectivity index (χ1) is 18.2. The molecule has 7 N–H and O–H groups in total. The number of aliphatic hydroxyl groups excluding tert-OH is 5. The summed E-state index contributed by atoms with van der Waals surface area (Å²) in [6.45, 7) is -1.03. The van der Waals surface area contributed by atoms with Crippen molar-refractivity contribution in [3.8, 4) is 23.0 Å². The number of hydrogen-bond donors (Lipinski definition) is 7. The largest absolute Gasteiger partial charge is 0.504 e. The van der Waals surface area contributed by atoms with Gasteiger partial charge in [0.05, 0.1) is 34.0 Å². The maximum atomic E-state index is 11.5. The molecule has 0 spiro atoms. The lowest BCUT2D eigenvalue weighted by Gasteiger charge is -2.39. The van der Waals surface area contributed by atoms with Gasteiger partial charge in [-0.1, -0.05) is 12.1 Å². The van der Waals surface area contributed by atoms with Gasteiger partial charge in [-0.05, 0) is 41.8 Å². The third-order valence-corrected chi connectivity index (χ3v) is 7.19. The average Bonchev–Trinajstić information content (AvgIpc) is 3.25. The predicted octanol–water partition coefficient (Wildman–Crippen LogP) is -0.758. The fraction of sp³-hybridized carbons (Fsp3) is 0.538. The average molecular weight is 539 g/mol. The van der Waals surface area contributed by atoms with Crippen LogP contribution in [0.25, 0.3) is 0 Å². The normalized spacial score (nSPS) is 33.2. The molecule has 0 radical (unpaired) electrons. The molecular weight excluding hydrogens is 504 g/mol. The van der Waals surface area contributed by atoms with Gasteiger partial charge in [0.1, 0.15) is 36.1 Å². The van der Waals surface area contributed by atoms with Crippen LogP contribution in [0.4, 0.5) is 0 Å². The summed E-state index contributed by atoms with van der Waals surface area (Å²) in [5.74, 6) is 0.120. The number of methoxy groups -OCH3 is 2. The highest BCUT2D eigenvalue weighted by molar-refractivity contribution is 5.45. The van der Waals surface area contributed by atoms with E-state index < -0.39 is 61.5 Å². The molecule has 8 atom stereocenters. The minimum atomic E-state index is -1.64. The van der Waals surface area contributed by atoms with E-state index in [0.717, 1.165) is 5.56 Å². The molecule has 0 unspecified atom stereocenters. The van der Waals surface area contributed by atoms with Crippen LogP contribution in [-0.4, -0.2) is 106 Å². The lowest BCUT2D eigenvalue weighted by molar-refractivity contribution is -0.277. The second-order valence-corrected chi connectivity index (χ2v) is 9.50. The van der Waals surface area contributed by atoms with Gasteiger partial charge in [0.2, 0.25) is 6.29 Å². The van der Waals surface area contributed by atoms with Crippen molar-refractivity contribution < 1.29 is 59.4 Å². The Kier molecular flexibility index (Phi) is 8.65. The van der Waals surface area contributed by atoms with Gasteiger partial charge in [-0.15, -0.1) is 0 Å². The van der Waals surface area contributed by atoms with Crippen molar-refractivity contribution in [2.45, 2.75) is 48.8 Å². The van der Waals surface area contributed by atoms with E-state index in [1.807, 2.05) is 0 Å². The van der Waals surface area contributed by atoms with E-state index in [-0.39, 0.29) is 23.9 Å². The Morgan fingerprint density at radius 2 is 1.66 bits per heavy atom. The molecule has 0 bridgehead atoms. The second kappa shape index (κ2) is 11.6. The Balaban J connectivity index is 1.54. The van der Waals surface area contributed by atoms with Crippen LogP contribution in [0.2, 0.25) is 0 Å². The van der Waals surface area contributed by atoms with E-state index in [1.165, 1.54) is 26.4 Å². The quantitative estimate of drug-likeness (QED) is 0.212. The van der Waals surface area contributed by atoms with Crippen molar-refractivity contribution in [1.29, 1.82) is 0 Å². The van der Waals surface area contributed by atoms with E-state index in [0.29, 0.717) is 17.7 Å². The minimum Gasteiger partial charge on any atom is -0.504 e. The van der Waals surface area contributed by atoms with Gasteiger partial charge in [0.25, 0.3) is 0 Å². The van der Waals surface area contributed by atoms with Gasteiger partial charge in [-0.25, -0.2) is 0 Å². The smallest absolute Gasteiger partial charge is 0.229 e. The van der Waals surface area contributed by atoms with Crippen LogP contribution in [-0.2, 0) is 15.9 Å². The molecule has 2 saturated heterocycles. The van der Waals surface area contributed by atoms with Crippen molar-refractivity contribution in [1.82, 2.24) is 0 Å². The lowest BCUT2D eigenvalue weighted by atomic mass is 9.80. The summed E-state index contributed by atoms with van der Waals surface area (Å²) < 4.78 is 27.6. The summed E-state index contributed by atoms with van der Waals surface area (Å²) >= 11 is 0. The fourth-order valence-electron chi connectivity index (χ4n) is 4.92. The molecule has 0 aliphatic carbocycles. The van der Waals surface area contributed by atoms with E-state index in [1.54, 1.807) is 24.3 Å². The van der Waals surface area contributed by atoms with E-state index in [2.05, 4.69) is 0 Å². The molecule has 2 heterocycles. The van der Waals surface area contributed by atoms with Crippen molar-refractivity contribution in [2.24, 2.45) is 5.92 Å². The van der Waals surface area contributed by atoms with Crippen molar-refractivity contribution in [2.75, 3.05) is 34.0 Å². The maximum Gasteiger partial charge on any atom is 0.229 e. The van der Waals surface area contributed by atoms with E-state index in [4.69, 9.17) is 23.7 Å². The van der Waals surface area contributed by atoms with Gasteiger partial charge in [0, 0.05) is 5.92 Å². The van der Waals surface area contributed by atoms with Crippen LogP contribution >= 0.6 is 0 Å². The molecule has 2 fully saturated rings. The Hall–Kier alpha value is -2.68. The first-order valence-corrected chi connectivity index (χ1v) is 12.1. The van der Waals surface area contributed by atoms with Gasteiger partial charge in [0.15, 0.2) is 23.0 Å². The van der Waals surface area contributed by atoms with Crippen LogP contribution in [0.3, 0.4) is 0 Å². The molecule has 38 heavy (non-hydrogen) atoms. The van der Waals surface area contributed by atoms with Gasteiger partial charge >= 0.3 is 0 Å². The van der Waals surface area contributed by atoms with Crippen LogP contribution in [0.5, 0.6) is 23.0 Å². The van der Waals surface area contributed by atoms with Crippen LogP contribution < -0.4 is 14.2 Å². The van der Waals surface area contributed by atoms with Crippen LogP contribution in [0.1, 0.15) is 17.2 Å². The molecule has 2 aliphatic heterocycles. The number of phenolic OH excluding ortho intramolecular Hbond substituents is 1. The zero-order valence-corrected chi connectivity index (χ0v) is 21.0. The molecule has 2 aromatic carbocycles. The Labute approximate surface area is 219 Å². The highest BCUT2D eigenvalue weighted by atomic mass is 16.7. The second-order valence-electron chi connectivity index (χ2n) is 9.50.